The van der Waals surface area contributed by atoms with Crippen LogP contribution in [0.1, 0.15) is 31.2 Å². The van der Waals surface area contributed by atoms with Crippen molar-refractivity contribution in [3.05, 3.63) is 81.8 Å². The maximum absolute atomic E-state index is 12.8. The van der Waals surface area contributed by atoms with Crippen molar-refractivity contribution in [1.82, 2.24) is 10.3 Å². The van der Waals surface area contributed by atoms with E-state index in [1.807, 2.05) is 37.4 Å². The molecule has 0 fully saturated rings. The Morgan fingerprint density at radius 3 is 2.63 bits per heavy atom. The summed E-state index contributed by atoms with van der Waals surface area (Å²) in [5, 5.41) is 7.15. The highest BCUT2D eigenvalue weighted by Gasteiger charge is 2.17. The quantitative estimate of drug-likeness (QED) is 0.621. The van der Waals surface area contributed by atoms with Crippen LogP contribution in [0.3, 0.4) is 0 Å². The van der Waals surface area contributed by atoms with E-state index in [0.29, 0.717) is 12.1 Å². The van der Waals surface area contributed by atoms with Crippen molar-refractivity contribution in [1.29, 1.82) is 0 Å². The van der Waals surface area contributed by atoms with Gasteiger partial charge in [0, 0.05) is 34.8 Å². The van der Waals surface area contributed by atoms with Crippen LogP contribution >= 0.6 is 20.6 Å². The molecule has 0 saturated carbocycles. The smallest absolute Gasteiger partial charge is 0.253 e. The van der Waals surface area contributed by atoms with E-state index < -0.39 is 0 Å². The molecule has 27 heavy (non-hydrogen) atoms. The Balaban J connectivity index is 1.88. The summed E-state index contributed by atoms with van der Waals surface area (Å²) in [7, 11) is 4.50. The van der Waals surface area contributed by atoms with E-state index in [0.717, 1.165) is 32.6 Å². The Bertz CT molecular complexity index is 997. The van der Waals surface area contributed by atoms with Crippen molar-refractivity contribution in [2.24, 2.45) is 0 Å². The van der Waals surface area contributed by atoms with Gasteiger partial charge in [-0.1, -0.05) is 18.7 Å². The summed E-state index contributed by atoms with van der Waals surface area (Å²) in [6.45, 7) is 6.83. The zero-order valence-corrected chi connectivity index (χ0v) is 17.3. The monoisotopic (exact) mass is 395 g/mol. The van der Waals surface area contributed by atoms with Gasteiger partial charge in [0.1, 0.15) is 0 Å². The number of thiophene rings is 1. The minimum Gasteiger partial charge on any atom is -0.387 e. The molecule has 0 bridgehead atoms. The molecule has 1 atom stereocenters. The molecule has 4 nitrogen and oxygen atoms in total. The molecule has 0 radical (unpaired) electrons. The van der Waals surface area contributed by atoms with Gasteiger partial charge in [-0.3, -0.25) is 9.78 Å². The molecule has 2 aromatic heterocycles. The minimum absolute atomic E-state index is 0.110. The third-order valence-electron chi connectivity index (χ3n) is 4.28. The Morgan fingerprint density at radius 1 is 1.19 bits per heavy atom. The second-order valence-electron chi connectivity index (χ2n) is 6.11. The van der Waals surface area contributed by atoms with E-state index in [1.165, 1.54) is 4.88 Å². The van der Waals surface area contributed by atoms with Crippen LogP contribution in [0.4, 0.5) is 5.69 Å². The molecule has 0 aliphatic rings. The van der Waals surface area contributed by atoms with Crippen LogP contribution in [-0.2, 0) is 6.54 Å². The lowest BCUT2D eigenvalue weighted by Gasteiger charge is -2.17. The average Bonchev–Trinajstić information content (AvgIpc) is 3.10. The van der Waals surface area contributed by atoms with Crippen molar-refractivity contribution in [2.45, 2.75) is 13.5 Å². The molecule has 1 aromatic carbocycles. The van der Waals surface area contributed by atoms with Crippen molar-refractivity contribution in [3.63, 3.8) is 0 Å². The number of para-hydroxylation sites is 1. The van der Waals surface area contributed by atoms with Crippen LogP contribution in [0.15, 0.2) is 55.4 Å². The van der Waals surface area contributed by atoms with Crippen molar-refractivity contribution < 1.29 is 4.79 Å². The van der Waals surface area contributed by atoms with Gasteiger partial charge in [0.2, 0.25) is 0 Å². The summed E-state index contributed by atoms with van der Waals surface area (Å²) in [6.07, 6.45) is 3.52. The first-order valence-electron chi connectivity index (χ1n) is 8.54. The number of hydrogen-bond donors (Lipinski definition) is 2. The molecular weight excluding hydrogens is 373 g/mol. The zero-order valence-electron chi connectivity index (χ0n) is 15.4. The summed E-state index contributed by atoms with van der Waals surface area (Å²) in [6, 6.07) is 11.7. The number of benzene rings is 1. The SMILES string of the molecule is C=C(c1ccncc1P)c1cccc(C(=O)NCc2ccc(C)s2)c1NC. The van der Waals surface area contributed by atoms with Crippen LogP contribution < -0.4 is 15.9 Å². The maximum Gasteiger partial charge on any atom is 0.253 e. The summed E-state index contributed by atoms with van der Waals surface area (Å²) >= 11 is 1.69. The normalized spacial score (nSPS) is 10.5. The third kappa shape index (κ3) is 4.26. The molecule has 0 saturated heterocycles. The van der Waals surface area contributed by atoms with Gasteiger partial charge in [0.25, 0.3) is 5.91 Å². The second kappa shape index (κ2) is 8.47. The zero-order chi connectivity index (χ0) is 19.4. The molecule has 0 aliphatic carbocycles. The van der Waals surface area contributed by atoms with Gasteiger partial charge in [-0.15, -0.1) is 20.6 Å². The van der Waals surface area contributed by atoms with Crippen molar-refractivity contribution in [3.8, 4) is 0 Å². The van der Waals surface area contributed by atoms with Gasteiger partial charge >= 0.3 is 0 Å². The Hall–Kier alpha value is -2.49. The molecule has 0 aliphatic heterocycles. The van der Waals surface area contributed by atoms with Gasteiger partial charge in [-0.2, -0.15) is 0 Å². The molecule has 2 heterocycles. The number of nitrogens with zero attached hydrogens (tertiary/aromatic N) is 1. The van der Waals surface area contributed by atoms with E-state index in [-0.39, 0.29) is 5.91 Å². The highest BCUT2D eigenvalue weighted by molar-refractivity contribution is 7.27. The molecule has 1 unspecified atom stereocenters. The fourth-order valence-corrected chi connectivity index (χ4v) is 4.12. The van der Waals surface area contributed by atoms with Crippen molar-refractivity contribution >= 4 is 43.0 Å². The van der Waals surface area contributed by atoms with E-state index in [4.69, 9.17) is 0 Å². The molecule has 0 spiro atoms. The second-order valence-corrected chi connectivity index (χ2v) is 8.11. The number of anilines is 1. The van der Waals surface area contributed by atoms with E-state index in [9.17, 15) is 4.79 Å². The Morgan fingerprint density at radius 2 is 1.96 bits per heavy atom. The topological polar surface area (TPSA) is 54.0 Å². The fraction of sp³-hybridized carbons (Fsp3) is 0.143. The van der Waals surface area contributed by atoms with Crippen LogP contribution in [0, 0.1) is 6.92 Å². The van der Waals surface area contributed by atoms with Gasteiger partial charge in [0.15, 0.2) is 0 Å². The number of aromatic nitrogens is 1. The lowest BCUT2D eigenvalue weighted by atomic mass is 9.96. The maximum atomic E-state index is 12.8. The lowest BCUT2D eigenvalue weighted by Crippen LogP contribution is -2.23. The number of pyridine rings is 1. The summed E-state index contributed by atoms with van der Waals surface area (Å²) < 4.78 is 0. The average molecular weight is 395 g/mol. The number of aryl methyl sites for hydroxylation is 1. The molecule has 1 amide bonds. The third-order valence-corrected chi connectivity index (χ3v) is 5.74. The standard InChI is InChI=1S/C21H22N3OPS/c1-13-7-8-15(27-13)11-24-21(25)18-6-4-5-17(20(18)22-3)14(2)16-9-10-23-12-19(16)26/h4-10,12,22H,2,11,26H2,1,3H3,(H,24,25). The van der Waals surface area contributed by atoms with Crippen molar-refractivity contribution in [2.75, 3.05) is 12.4 Å². The lowest BCUT2D eigenvalue weighted by molar-refractivity contribution is 0.0952. The number of nitrogens with one attached hydrogen (secondary N) is 2. The van der Waals surface area contributed by atoms with Crippen LogP contribution in [-0.4, -0.2) is 17.9 Å². The summed E-state index contributed by atoms with van der Waals surface area (Å²) in [5.74, 6) is -0.110. The van der Waals surface area contributed by atoms with Gasteiger partial charge in [-0.25, -0.2) is 0 Å². The highest BCUT2D eigenvalue weighted by Crippen LogP contribution is 2.30. The van der Waals surface area contributed by atoms with Gasteiger partial charge < -0.3 is 10.6 Å². The fourth-order valence-electron chi connectivity index (χ4n) is 2.93. The van der Waals surface area contributed by atoms with Crippen LogP contribution in [0.25, 0.3) is 5.57 Å². The molecule has 138 valence electrons. The Labute approximate surface area is 165 Å². The predicted molar refractivity (Wildman–Crippen MR) is 118 cm³/mol. The van der Waals surface area contributed by atoms with E-state index in [1.54, 1.807) is 23.7 Å². The first-order chi connectivity index (χ1) is 13.0. The number of rotatable bonds is 6. The van der Waals surface area contributed by atoms with Crippen LogP contribution in [0.5, 0.6) is 0 Å². The summed E-state index contributed by atoms with van der Waals surface area (Å²) in [5.41, 5.74) is 4.09. The van der Waals surface area contributed by atoms with Crippen LogP contribution in [0.2, 0.25) is 0 Å². The first kappa shape index (κ1) is 19.3. The molecule has 3 aromatic rings. The van der Waals surface area contributed by atoms with Gasteiger partial charge in [-0.05, 0) is 47.6 Å². The minimum atomic E-state index is -0.110. The molecule has 6 heteroatoms. The first-order valence-corrected chi connectivity index (χ1v) is 9.94. The van der Waals surface area contributed by atoms with E-state index >= 15 is 0 Å². The predicted octanol–water partition coefficient (Wildman–Crippen LogP) is 3.99. The number of amides is 1. The van der Waals surface area contributed by atoms with E-state index in [2.05, 4.69) is 44.4 Å². The largest absolute Gasteiger partial charge is 0.387 e. The number of carbonyl (C=O) groups is 1. The Kier molecular flexibility index (Phi) is 6.04. The van der Waals surface area contributed by atoms with Gasteiger partial charge in [0.05, 0.1) is 17.8 Å². The molecular formula is C21H22N3OPS. The summed E-state index contributed by atoms with van der Waals surface area (Å²) in [4.78, 5) is 19.3. The highest BCUT2D eigenvalue weighted by atomic mass is 32.1. The molecule has 3 rings (SSSR count). The molecule has 2 N–H and O–H groups in total. The number of carbonyl (C=O) groups excluding carboxylic acids is 1. The number of hydrogen-bond acceptors (Lipinski definition) is 4.